The first-order valence-corrected chi connectivity index (χ1v) is 19.7. The molecule has 0 bridgehead atoms. The van der Waals surface area contributed by atoms with E-state index in [1.165, 1.54) is 86.5 Å². The molecule has 4 rings (SSSR count). The van der Waals surface area contributed by atoms with E-state index >= 15 is 0 Å². The van der Waals surface area contributed by atoms with Gasteiger partial charge in [0.2, 0.25) is 0 Å². The molecule has 0 saturated heterocycles. The SMILES string of the molecule is C=C(C)C(=O)OCC(COC(=O)C(=C)CO)CC1CCC(C2CCC(c3ccc(CCc4ccc(CCCCC)c(CC)c4)cc3)CC2)CC1. The van der Waals surface area contributed by atoms with Crippen LogP contribution in [0.25, 0.3) is 0 Å². The maximum absolute atomic E-state index is 12.1. The van der Waals surface area contributed by atoms with Crippen molar-refractivity contribution in [3.05, 3.63) is 94.6 Å². The van der Waals surface area contributed by atoms with Crippen LogP contribution in [-0.2, 0) is 44.7 Å². The molecule has 1 N–H and O–H groups in total. The number of aryl methyl sites for hydroxylation is 4. The minimum absolute atomic E-state index is 0.0328. The zero-order valence-electron chi connectivity index (χ0n) is 31.4. The van der Waals surface area contributed by atoms with Gasteiger partial charge in [0.1, 0.15) is 0 Å². The average molecular weight is 685 g/mol. The molecule has 0 radical (unpaired) electrons. The average Bonchev–Trinajstić information content (AvgIpc) is 3.15. The zero-order chi connectivity index (χ0) is 35.9. The summed E-state index contributed by atoms with van der Waals surface area (Å²) in [6.45, 7) is 13.3. The quantitative estimate of drug-likeness (QED) is 0.0906. The summed E-state index contributed by atoms with van der Waals surface area (Å²) in [5.74, 6) is 1.70. The minimum Gasteiger partial charge on any atom is -0.462 e. The first-order valence-electron chi connectivity index (χ1n) is 19.7. The molecule has 5 nitrogen and oxygen atoms in total. The standard InChI is InChI=1S/C45H64O5/c1-6-8-9-10-39-20-17-36(28-38(39)7-2)12-11-34-13-18-40(19-14-34)42-23-25-43(26-24-42)41-21-15-35(16-22-41)27-37(30-49-44(47)32(3)4)31-50-45(48)33(5)29-46/h13-14,17-20,28,35,37,41-43,46H,3,5-12,15-16,21-27,29-31H2,1-2,4H3. The summed E-state index contributed by atoms with van der Waals surface area (Å²) >= 11 is 0. The Balaban J connectivity index is 1.19. The number of carbonyl (C=O) groups is 2. The number of unbranched alkanes of at least 4 members (excludes halogenated alkanes) is 2. The van der Waals surface area contributed by atoms with E-state index in [0.717, 1.165) is 50.4 Å². The van der Waals surface area contributed by atoms with Gasteiger partial charge in [-0.15, -0.1) is 0 Å². The highest BCUT2D eigenvalue weighted by Crippen LogP contribution is 2.45. The number of ether oxygens (including phenoxy) is 2. The summed E-state index contributed by atoms with van der Waals surface area (Å²) in [6.07, 6.45) is 19.3. The van der Waals surface area contributed by atoms with Crippen LogP contribution >= 0.6 is 0 Å². The Bertz CT molecular complexity index is 1370. The minimum atomic E-state index is -0.598. The third kappa shape index (κ3) is 12.2. The van der Waals surface area contributed by atoms with Crippen molar-refractivity contribution in [3.8, 4) is 0 Å². The molecule has 274 valence electrons. The monoisotopic (exact) mass is 684 g/mol. The number of aliphatic hydroxyl groups excluding tert-OH is 1. The maximum Gasteiger partial charge on any atom is 0.335 e. The van der Waals surface area contributed by atoms with Crippen LogP contribution in [0.1, 0.15) is 132 Å². The van der Waals surface area contributed by atoms with E-state index in [4.69, 9.17) is 9.47 Å². The largest absolute Gasteiger partial charge is 0.462 e. The molecule has 2 fully saturated rings. The maximum atomic E-state index is 12.1. The third-order valence-electron chi connectivity index (χ3n) is 11.6. The van der Waals surface area contributed by atoms with Crippen LogP contribution in [0, 0.1) is 23.7 Å². The molecule has 2 aromatic carbocycles. The summed E-state index contributed by atoms with van der Waals surface area (Å²) in [7, 11) is 0. The number of esters is 2. The van der Waals surface area contributed by atoms with Gasteiger partial charge in [-0.1, -0.05) is 95.2 Å². The van der Waals surface area contributed by atoms with Crippen molar-refractivity contribution in [1.82, 2.24) is 0 Å². The Labute approximate surface area is 302 Å². The lowest BCUT2D eigenvalue weighted by molar-refractivity contribution is -0.144. The lowest BCUT2D eigenvalue weighted by atomic mass is 9.67. The molecule has 2 saturated carbocycles. The number of hydrogen-bond donors (Lipinski definition) is 1. The van der Waals surface area contributed by atoms with Crippen molar-refractivity contribution in [2.24, 2.45) is 23.7 Å². The Kier molecular flexibility index (Phi) is 16.3. The molecule has 50 heavy (non-hydrogen) atoms. The van der Waals surface area contributed by atoms with Gasteiger partial charge in [-0.2, -0.15) is 0 Å². The van der Waals surface area contributed by atoms with E-state index in [1.807, 2.05) is 0 Å². The number of benzene rings is 2. The van der Waals surface area contributed by atoms with Crippen LogP contribution in [0.5, 0.6) is 0 Å². The van der Waals surface area contributed by atoms with E-state index in [2.05, 4.69) is 69.5 Å². The number of hydrogen-bond acceptors (Lipinski definition) is 5. The van der Waals surface area contributed by atoms with E-state index in [9.17, 15) is 14.7 Å². The number of aliphatic hydroxyl groups is 1. The first kappa shape index (κ1) is 39.6. The van der Waals surface area contributed by atoms with Crippen molar-refractivity contribution < 1.29 is 24.2 Å². The van der Waals surface area contributed by atoms with Gasteiger partial charge < -0.3 is 14.6 Å². The smallest absolute Gasteiger partial charge is 0.335 e. The molecular weight excluding hydrogens is 620 g/mol. The predicted octanol–water partition coefficient (Wildman–Crippen LogP) is 10.1. The third-order valence-corrected chi connectivity index (χ3v) is 11.6. The van der Waals surface area contributed by atoms with Crippen molar-refractivity contribution in [2.45, 2.75) is 129 Å². The van der Waals surface area contributed by atoms with Crippen molar-refractivity contribution >= 4 is 11.9 Å². The van der Waals surface area contributed by atoms with Crippen LogP contribution < -0.4 is 0 Å². The Morgan fingerprint density at radius 3 is 1.96 bits per heavy atom. The van der Waals surface area contributed by atoms with E-state index in [1.54, 1.807) is 12.5 Å². The molecule has 0 heterocycles. The summed E-state index contributed by atoms with van der Waals surface area (Å²) in [5.41, 5.74) is 7.89. The topological polar surface area (TPSA) is 72.8 Å². The number of carbonyl (C=O) groups excluding carboxylic acids is 2. The molecule has 0 amide bonds. The van der Waals surface area contributed by atoms with Gasteiger partial charge in [0.15, 0.2) is 0 Å². The number of rotatable bonds is 19. The predicted molar refractivity (Wildman–Crippen MR) is 204 cm³/mol. The summed E-state index contributed by atoms with van der Waals surface area (Å²) < 4.78 is 10.9. The lowest BCUT2D eigenvalue weighted by Crippen LogP contribution is -2.28. The van der Waals surface area contributed by atoms with Crippen molar-refractivity contribution in [1.29, 1.82) is 0 Å². The van der Waals surface area contributed by atoms with Crippen LogP contribution in [-0.4, -0.2) is 36.9 Å². The molecule has 1 atom stereocenters. The van der Waals surface area contributed by atoms with Gasteiger partial charge in [0.25, 0.3) is 0 Å². The van der Waals surface area contributed by atoms with Gasteiger partial charge in [-0.05, 0) is 135 Å². The van der Waals surface area contributed by atoms with Crippen LogP contribution in [0.4, 0.5) is 0 Å². The molecule has 0 spiro atoms. The Morgan fingerprint density at radius 1 is 0.760 bits per heavy atom. The van der Waals surface area contributed by atoms with Gasteiger partial charge in [0, 0.05) is 11.5 Å². The van der Waals surface area contributed by atoms with Crippen molar-refractivity contribution in [3.63, 3.8) is 0 Å². The molecule has 0 aromatic heterocycles. The second kappa shape index (κ2) is 20.6. The zero-order valence-corrected chi connectivity index (χ0v) is 31.4. The molecular formula is C45H64O5. The molecule has 2 aromatic rings. The fourth-order valence-corrected chi connectivity index (χ4v) is 8.37. The van der Waals surface area contributed by atoms with E-state index < -0.39 is 18.5 Å². The highest BCUT2D eigenvalue weighted by Gasteiger charge is 2.32. The molecule has 2 aliphatic carbocycles. The Morgan fingerprint density at radius 2 is 1.36 bits per heavy atom. The first-order chi connectivity index (χ1) is 24.2. The van der Waals surface area contributed by atoms with Gasteiger partial charge in [-0.25, -0.2) is 9.59 Å². The van der Waals surface area contributed by atoms with Crippen LogP contribution in [0.2, 0.25) is 0 Å². The van der Waals surface area contributed by atoms with Gasteiger partial charge >= 0.3 is 11.9 Å². The molecule has 1 unspecified atom stereocenters. The molecule has 2 aliphatic rings. The van der Waals surface area contributed by atoms with Gasteiger partial charge in [0.05, 0.1) is 25.4 Å². The Hall–Kier alpha value is -3.18. The normalized spacial score (nSPS) is 21.3. The fraction of sp³-hybridized carbons (Fsp3) is 0.600. The van der Waals surface area contributed by atoms with Crippen LogP contribution in [0.15, 0.2) is 66.8 Å². The summed E-state index contributed by atoms with van der Waals surface area (Å²) in [5, 5.41) is 9.19. The highest BCUT2D eigenvalue weighted by molar-refractivity contribution is 5.88. The molecule has 5 heteroatoms. The van der Waals surface area contributed by atoms with E-state index in [-0.39, 0.29) is 24.7 Å². The highest BCUT2D eigenvalue weighted by atomic mass is 16.5. The summed E-state index contributed by atoms with van der Waals surface area (Å²) in [4.78, 5) is 24.1. The van der Waals surface area contributed by atoms with Crippen molar-refractivity contribution in [2.75, 3.05) is 19.8 Å². The molecule has 0 aliphatic heterocycles. The fourth-order valence-electron chi connectivity index (χ4n) is 8.37. The summed E-state index contributed by atoms with van der Waals surface area (Å²) in [6, 6.07) is 16.8. The second-order valence-electron chi connectivity index (χ2n) is 15.4. The van der Waals surface area contributed by atoms with Gasteiger partial charge in [-0.3, -0.25) is 0 Å². The second-order valence-corrected chi connectivity index (χ2v) is 15.4. The van der Waals surface area contributed by atoms with E-state index in [0.29, 0.717) is 17.4 Å². The lowest BCUT2D eigenvalue weighted by Gasteiger charge is -2.38. The van der Waals surface area contributed by atoms with Crippen LogP contribution in [0.3, 0.4) is 0 Å².